The Labute approximate surface area is 135 Å². The Kier molecular flexibility index (Phi) is 6.64. The van der Waals surface area contributed by atoms with E-state index in [9.17, 15) is 4.79 Å². The van der Waals surface area contributed by atoms with Gasteiger partial charge in [0.2, 0.25) is 11.7 Å². The minimum atomic E-state index is -0.137. The SMILES string of the molecule is COCCN(C)CCNC(=O)Cn1nnc(-c2ccccc2)n1. The molecule has 2 rings (SSSR count). The van der Waals surface area contributed by atoms with E-state index in [4.69, 9.17) is 4.74 Å². The summed E-state index contributed by atoms with van der Waals surface area (Å²) in [6.07, 6.45) is 0. The summed E-state index contributed by atoms with van der Waals surface area (Å²) >= 11 is 0. The summed E-state index contributed by atoms with van der Waals surface area (Å²) in [6.45, 7) is 2.89. The highest BCUT2D eigenvalue weighted by molar-refractivity contribution is 5.75. The number of hydrogen-bond acceptors (Lipinski definition) is 6. The fraction of sp³-hybridized carbons (Fsp3) is 0.467. The van der Waals surface area contributed by atoms with Crippen molar-refractivity contribution in [3.63, 3.8) is 0 Å². The molecule has 0 saturated carbocycles. The molecule has 2 aromatic rings. The Morgan fingerprint density at radius 3 is 2.83 bits per heavy atom. The molecule has 1 amide bonds. The molecular weight excluding hydrogens is 296 g/mol. The van der Waals surface area contributed by atoms with E-state index >= 15 is 0 Å². The molecule has 0 fully saturated rings. The number of aromatic nitrogens is 4. The van der Waals surface area contributed by atoms with Crippen LogP contribution < -0.4 is 5.32 Å². The number of likely N-dealkylation sites (N-methyl/N-ethyl adjacent to an activating group) is 1. The van der Waals surface area contributed by atoms with Crippen LogP contribution in [0.1, 0.15) is 0 Å². The summed E-state index contributed by atoms with van der Waals surface area (Å²) in [5.41, 5.74) is 0.874. The summed E-state index contributed by atoms with van der Waals surface area (Å²) in [5, 5.41) is 14.9. The minimum absolute atomic E-state index is 0.0572. The maximum Gasteiger partial charge on any atom is 0.243 e. The van der Waals surface area contributed by atoms with Crippen LogP contribution in [0.2, 0.25) is 0 Å². The molecule has 0 aliphatic heterocycles. The summed E-state index contributed by atoms with van der Waals surface area (Å²) in [5.74, 6) is 0.375. The van der Waals surface area contributed by atoms with Crippen LogP contribution in [-0.4, -0.2) is 71.4 Å². The molecule has 0 unspecified atom stereocenters. The third-order valence-corrected chi connectivity index (χ3v) is 3.26. The molecular formula is C15H22N6O2. The molecule has 1 N–H and O–H groups in total. The fourth-order valence-corrected chi connectivity index (χ4v) is 1.94. The van der Waals surface area contributed by atoms with Gasteiger partial charge in [0.25, 0.3) is 0 Å². The van der Waals surface area contributed by atoms with Gasteiger partial charge in [-0.1, -0.05) is 30.3 Å². The van der Waals surface area contributed by atoms with E-state index in [1.54, 1.807) is 7.11 Å². The standard InChI is InChI=1S/C15H22N6O2/c1-20(10-11-23-2)9-8-16-14(22)12-21-18-15(17-19-21)13-6-4-3-5-7-13/h3-7H,8-12H2,1-2H3,(H,16,22). The molecule has 0 atom stereocenters. The zero-order valence-corrected chi connectivity index (χ0v) is 13.5. The van der Waals surface area contributed by atoms with Gasteiger partial charge in [0.1, 0.15) is 6.54 Å². The maximum absolute atomic E-state index is 11.9. The van der Waals surface area contributed by atoms with E-state index in [0.717, 1.165) is 18.7 Å². The van der Waals surface area contributed by atoms with Crippen molar-refractivity contribution in [1.82, 2.24) is 30.4 Å². The van der Waals surface area contributed by atoms with Crippen LogP contribution in [0.15, 0.2) is 30.3 Å². The van der Waals surface area contributed by atoms with Crippen molar-refractivity contribution < 1.29 is 9.53 Å². The van der Waals surface area contributed by atoms with Gasteiger partial charge in [-0.15, -0.1) is 10.2 Å². The van der Waals surface area contributed by atoms with Gasteiger partial charge in [0.15, 0.2) is 0 Å². The number of amides is 1. The Morgan fingerprint density at radius 2 is 2.09 bits per heavy atom. The van der Waals surface area contributed by atoms with Crippen molar-refractivity contribution in [2.24, 2.45) is 0 Å². The second kappa shape index (κ2) is 8.96. The van der Waals surface area contributed by atoms with Gasteiger partial charge in [-0.25, -0.2) is 0 Å². The van der Waals surface area contributed by atoms with E-state index in [2.05, 4.69) is 25.6 Å². The van der Waals surface area contributed by atoms with Gasteiger partial charge < -0.3 is 15.0 Å². The maximum atomic E-state index is 11.9. The highest BCUT2D eigenvalue weighted by Crippen LogP contribution is 2.11. The first-order valence-corrected chi connectivity index (χ1v) is 7.46. The van der Waals surface area contributed by atoms with Gasteiger partial charge >= 0.3 is 0 Å². The van der Waals surface area contributed by atoms with Crippen molar-refractivity contribution in [2.45, 2.75) is 6.54 Å². The third-order valence-electron chi connectivity index (χ3n) is 3.26. The molecule has 0 bridgehead atoms. The highest BCUT2D eigenvalue weighted by Gasteiger charge is 2.09. The molecule has 0 aliphatic rings. The number of nitrogens with one attached hydrogen (secondary N) is 1. The topological polar surface area (TPSA) is 85.2 Å². The summed E-state index contributed by atoms with van der Waals surface area (Å²) in [7, 11) is 3.65. The van der Waals surface area contributed by atoms with Crippen molar-refractivity contribution in [3.8, 4) is 11.4 Å². The smallest absolute Gasteiger partial charge is 0.243 e. The number of hydrogen-bond donors (Lipinski definition) is 1. The van der Waals surface area contributed by atoms with Crippen LogP contribution in [0, 0.1) is 0 Å². The lowest BCUT2D eigenvalue weighted by atomic mass is 10.2. The van der Waals surface area contributed by atoms with Crippen LogP contribution >= 0.6 is 0 Å². The number of ether oxygens (including phenoxy) is 1. The molecule has 0 spiro atoms. The number of carbonyl (C=O) groups excluding carboxylic acids is 1. The number of benzene rings is 1. The molecule has 1 aromatic carbocycles. The van der Waals surface area contributed by atoms with Crippen molar-refractivity contribution >= 4 is 5.91 Å². The molecule has 8 heteroatoms. The molecule has 1 aromatic heterocycles. The Bertz CT molecular complexity index is 601. The monoisotopic (exact) mass is 318 g/mol. The van der Waals surface area contributed by atoms with Gasteiger partial charge in [-0.3, -0.25) is 4.79 Å². The van der Waals surface area contributed by atoms with Crippen molar-refractivity contribution in [3.05, 3.63) is 30.3 Å². The Morgan fingerprint density at radius 1 is 1.30 bits per heavy atom. The second-order valence-corrected chi connectivity index (χ2v) is 5.16. The van der Waals surface area contributed by atoms with Gasteiger partial charge in [0.05, 0.1) is 6.61 Å². The van der Waals surface area contributed by atoms with E-state index in [1.807, 2.05) is 37.4 Å². The lowest BCUT2D eigenvalue weighted by Gasteiger charge is -2.15. The van der Waals surface area contributed by atoms with Crippen LogP contribution in [0.4, 0.5) is 0 Å². The summed E-state index contributed by atoms with van der Waals surface area (Å²) in [4.78, 5) is 15.3. The molecule has 23 heavy (non-hydrogen) atoms. The molecule has 0 saturated heterocycles. The lowest BCUT2D eigenvalue weighted by molar-refractivity contribution is -0.122. The Balaban J connectivity index is 1.75. The van der Waals surface area contributed by atoms with E-state index in [-0.39, 0.29) is 12.5 Å². The molecule has 1 heterocycles. The van der Waals surface area contributed by atoms with Crippen LogP contribution in [0.3, 0.4) is 0 Å². The van der Waals surface area contributed by atoms with E-state index in [0.29, 0.717) is 19.0 Å². The molecule has 0 aliphatic carbocycles. The number of methoxy groups -OCH3 is 1. The average molecular weight is 318 g/mol. The zero-order valence-electron chi connectivity index (χ0n) is 13.5. The van der Waals surface area contributed by atoms with Crippen LogP contribution in [0.25, 0.3) is 11.4 Å². The zero-order chi connectivity index (χ0) is 16.5. The van der Waals surface area contributed by atoms with Gasteiger partial charge in [0, 0.05) is 32.3 Å². The van der Waals surface area contributed by atoms with Crippen molar-refractivity contribution in [1.29, 1.82) is 0 Å². The third kappa shape index (κ3) is 5.76. The molecule has 8 nitrogen and oxygen atoms in total. The number of carbonyl (C=O) groups is 1. The highest BCUT2D eigenvalue weighted by atomic mass is 16.5. The largest absolute Gasteiger partial charge is 0.383 e. The van der Waals surface area contributed by atoms with Crippen LogP contribution in [-0.2, 0) is 16.1 Å². The number of tetrazole rings is 1. The van der Waals surface area contributed by atoms with Crippen LogP contribution in [0.5, 0.6) is 0 Å². The fourth-order valence-electron chi connectivity index (χ4n) is 1.94. The van der Waals surface area contributed by atoms with E-state index < -0.39 is 0 Å². The normalized spacial score (nSPS) is 10.9. The van der Waals surface area contributed by atoms with Gasteiger partial charge in [-0.05, 0) is 12.3 Å². The first-order chi connectivity index (χ1) is 11.2. The predicted octanol–water partition coefficient (Wildman–Crippen LogP) is 0.0345. The van der Waals surface area contributed by atoms with Gasteiger partial charge in [-0.2, -0.15) is 4.80 Å². The minimum Gasteiger partial charge on any atom is -0.383 e. The second-order valence-electron chi connectivity index (χ2n) is 5.16. The quantitative estimate of drug-likeness (QED) is 0.702. The van der Waals surface area contributed by atoms with Crippen molar-refractivity contribution in [2.75, 3.05) is 40.4 Å². The molecule has 0 radical (unpaired) electrons. The molecule has 124 valence electrons. The Hall–Kier alpha value is -2.32. The first kappa shape index (κ1) is 17.0. The predicted molar refractivity (Wildman–Crippen MR) is 85.6 cm³/mol. The first-order valence-electron chi connectivity index (χ1n) is 7.46. The summed E-state index contributed by atoms with van der Waals surface area (Å²) < 4.78 is 5.00. The average Bonchev–Trinajstić information content (AvgIpc) is 3.02. The lowest BCUT2D eigenvalue weighted by Crippen LogP contribution is -2.36. The summed E-state index contributed by atoms with van der Waals surface area (Å²) in [6, 6.07) is 9.53. The number of nitrogens with zero attached hydrogens (tertiary/aromatic N) is 5. The van der Waals surface area contributed by atoms with E-state index in [1.165, 1.54) is 4.80 Å². The number of rotatable bonds is 9.